The fraction of sp³-hybridized carbons (Fsp3) is 0.0667. The highest BCUT2D eigenvalue weighted by atomic mass is 35.5. The summed E-state index contributed by atoms with van der Waals surface area (Å²) in [6.45, 7) is 0.274. The Morgan fingerprint density at radius 2 is 1.62 bits per heavy atom. The minimum atomic E-state index is -0.796. The molecule has 21 heavy (non-hydrogen) atoms. The zero-order valence-corrected chi connectivity index (χ0v) is 12.4. The minimum Gasteiger partial charge on any atom is -0.344 e. The average molecular weight is 323 g/mol. The number of hydrogen-bond donors (Lipinski definition) is 2. The summed E-state index contributed by atoms with van der Waals surface area (Å²) in [7, 11) is 0. The first-order chi connectivity index (χ1) is 10.1. The Kier molecular flexibility index (Phi) is 5.20. The van der Waals surface area contributed by atoms with Crippen LogP contribution in [0.1, 0.15) is 5.56 Å². The SMILES string of the molecule is O=C(NCc1ccccc1)C(=O)Nc1cccc(Cl)c1Cl. The molecule has 0 unspecified atom stereocenters. The predicted molar refractivity (Wildman–Crippen MR) is 83.4 cm³/mol. The van der Waals surface area contributed by atoms with Gasteiger partial charge in [-0.15, -0.1) is 0 Å². The number of halogens is 2. The van der Waals surface area contributed by atoms with Gasteiger partial charge in [0.1, 0.15) is 0 Å². The van der Waals surface area contributed by atoms with Crippen molar-refractivity contribution in [2.75, 3.05) is 5.32 Å². The van der Waals surface area contributed by atoms with Gasteiger partial charge in [-0.3, -0.25) is 9.59 Å². The first kappa shape index (κ1) is 15.4. The zero-order valence-electron chi connectivity index (χ0n) is 10.9. The van der Waals surface area contributed by atoms with E-state index in [9.17, 15) is 9.59 Å². The first-order valence-corrected chi connectivity index (χ1v) is 6.90. The van der Waals surface area contributed by atoms with Crippen LogP contribution in [0.15, 0.2) is 48.5 Å². The Hall–Kier alpha value is -2.04. The third-order valence-electron chi connectivity index (χ3n) is 2.70. The summed E-state index contributed by atoms with van der Waals surface area (Å²) in [4.78, 5) is 23.5. The molecule has 6 heteroatoms. The molecule has 0 bridgehead atoms. The lowest BCUT2D eigenvalue weighted by Crippen LogP contribution is -2.35. The van der Waals surface area contributed by atoms with E-state index in [2.05, 4.69) is 10.6 Å². The van der Waals surface area contributed by atoms with E-state index >= 15 is 0 Å². The van der Waals surface area contributed by atoms with Crippen LogP contribution in [0.25, 0.3) is 0 Å². The topological polar surface area (TPSA) is 58.2 Å². The molecule has 2 rings (SSSR count). The van der Waals surface area contributed by atoms with Crippen LogP contribution in [0.2, 0.25) is 10.0 Å². The van der Waals surface area contributed by atoms with Crippen molar-refractivity contribution in [3.63, 3.8) is 0 Å². The normalized spacial score (nSPS) is 10.0. The molecule has 2 amide bonds. The van der Waals surface area contributed by atoms with Crippen LogP contribution in [0.3, 0.4) is 0 Å². The molecular formula is C15H12Cl2N2O2. The summed E-state index contributed by atoms with van der Waals surface area (Å²) >= 11 is 11.8. The average Bonchev–Trinajstić information content (AvgIpc) is 2.50. The molecule has 0 saturated heterocycles. The predicted octanol–water partition coefficient (Wildman–Crippen LogP) is 3.25. The Morgan fingerprint density at radius 3 is 2.33 bits per heavy atom. The molecule has 0 atom stereocenters. The minimum absolute atomic E-state index is 0.198. The number of benzene rings is 2. The molecule has 0 radical (unpaired) electrons. The summed E-state index contributed by atoms with van der Waals surface area (Å²) in [6.07, 6.45) is 0. The van der Waals surface area contributed by atoms with Crippen molar-refractivity contribution >= 4 is 40.7 Å². The van der Waals surface area contributed by atoms with Gasteiger partial charge >= 0.3 is 11.8 Å². The van der Waals surface area contributed by atoms with Gasteiger partial charge in [-0.1, -0.05) is 59.6 Å². The molecule has 0 aliphatic carbocycles. The van der Waals surface area contributed by atoms with Crippen LogP contribution in [0.4, 0.5) is 5.69 Å². The smallest absolute Gasteiger partial charge is 0.313 e. The van der Waals surface area contributed by atoms with Crippen molar-refractivity contribution in [1.29, 1.82) is 0 Å². The largest absolute Gasteiger partial charge is 0.344 e. The highest BCUT2D eigenvalue weighted by Gasteiger charge is 2.15. The van der Waals surface area contributed by atoms with Gasteiger partial charge in [-0.2, -0.15) is 0 Å². The third-order valence-corrected chi connectivity index (χ3v) is 3.52. The second-order valence-corrected chi connectivity index (χ2v) is 5.01. The molecule has 0 aromatic heterocycles. The van der Waals surface area contributed by atoms with Gasteiger partial charge in [0.15, 0.2) is 0 Å². The standard InChI is InChI=1S/C15H12Cl2N2O2/c16-11-7-4-8-12(13(11)17)19-15(21)14(20)18-9-10-5-2-1-3-6-10/h1-8H,9H2,(H,18,20)(H,19,21). The summed E-state index contributed by atoms with van der Waals surface area (Å²) in [6, 6.07) is 14.1. The van der Waals surface area contributed by atoms with E-state index in [0.717, 1.165) is 5.56 Å². The monoisotopic (exact) mass is 322 g/mol. The lowest BCUT2D eigenvalue weighted by Gasteiger charge is -2.08. The van der Waals surface area contributed by atoms with E-state index in [1.54, 1.807) is 18.2 Å². The molecule has 2 aromatic carbocycles. The maximum Gasteiger partial charge on any atom is 0.313 e. The summed E-state index contributed by atoms with van der Waals surface area (Å²) in [5, 5.41) is 5.45. The van der Waals surface area contributed by atoms with Crippen molar-refractivity contribution in [3.8, 4) is 0 Å². The Balaban J connectivity index is 1.94. The van der Waals surface area contributed by atoms with Gasteiger partial charge in [-0.25, -0.2) is 0 Å². The highest BCUT2D eigenvalue weighted by Crippen LogP contribution is 2.29. The maximum absolute atomic E-state index is 11.8. The van der Waals surface area contributed by atoms with Crippen LogP contribution in [0.5, 0.6) is 0 Å². The van der Waals surface area contributed by atoms with Crippen molar-refractivity contribution in [3.05, 3.63) is 64.1 Å². The lowest BCUT2D eigenvalue weighted by atomic mass is 10.2. The molecule has 0 spiro atoms. The Bertz CT molecular complexity index is 660. The second kappa shape index (κ2) is 7.11. The van der Waals surface area contributed by atoms with Crippen LogP contribution < -0.4 is 10.6 Å². The van der Waals surface area contributed by atoms with Crippen LogP contribution in [0, 0.1) is 0 Å². The highest BCUT2D eigenvalue weighted by molar-refractivity contribution is 6.45. The fourth-order valence-electron chi connectivity index (χ4n) is 1.64. The molecule has 2 aromatic rings. The number of anilines is 1. The number of carbonyl (C=O) groups excluding carboxylic acids is 2. The number of rotatable bonds is 3. The molecule has 0 fully saturated rings. The van der Waals surface area contributed by atoms with Gasteiger partial charge < -0.3 is 10.6 Å². The van der Waals surface area contributed by atoms with Gasteiger partial charge in [-0.05, 0) is 17.7 Å². The number of nitrogens with one attached hydrogen (secondary N) is 2. The molecule has 4 nitrogen and oxygen atoms in total. The lowest BCUT2D eigenvalue weighted by molar-refractivity contribution is -0.136. The maximum atomic E-state index is 11.8. The van der Waals surface area contributed by atoms with Crippen LogP contribution >= 0.6 is 23.2 Å². The van der Waals surface area contributed by atoms with Crippen LogP contribution in [-0.2, 0) is 16.1 Å². The second-order valence-electron chi connectivity index (χ2n) is 4.22. The zero-order chi connectivity index (χ0) is 15.2. The van der Waals surface area contributed by atoms with Gasteiger partial charge in [0.05, 0.1) is 15.7 Å². The number of amides is 2. The van der Waals surface area contributed by atoms with Crippen molar-refractivity contribution in [2.24, 2.45) is 0 Å². The number of hydrogen-bond acceptors (Lipinski definition) is 2. The Morgan fingerprint density at radius 1 is 0.905 bits per heavy atom. The van der Waals surface area contributed by atoms with E-state index in [4.69, 9.17) is 23.2 Å². The summed E-state index contributed by atoms with van der Waals surface area (Å²) < 4.78 is 0. The molecule has 0 aliphatic rings. The summed E-state index contributed by atoms with van der Waals surface area (Å²) in [5.74, 6) is -1.54. The molecule has 0 aliphatic heterocycles. The Labute approximate surface area is 132 Å². The van der Waals surface area contributed by atoms with Crippen molar-refractivity contribution in [1.82, 2.24) is 5.32 Å². The van der Waals surface area contributed by atoms with Gasteiger partial charge in [0.25, 0.3) is 0 Å². The molecule has 0 saturated carbocycles. The third kappa shape index (κ3) is 4.21. The van der Waals surface area contributed by atoms with E-state index in [0.29, 0.717) is 10.7 Å². The summed E-state index contributed by atoms with van der Waals surface area (Å²) in [5.41, 5.74) is 1.20. The van der Waals surface area contributed by atoms with E-state index in [1.807, 2.05) is 30.3 Å². The van der Waals surface area contributed by atoms with Gasteiger partial charge in [0.2, 0.25) is 0 Å². The van der Waals surface area contributed by atoms with E-state index in [-0.39, 0.29) is 11.6 Å². The molecule has 2 N–H and O–H groups in total. The van der Waals surface area contributed by atoms with E-state index < -0.39 is 11.8 Å². The van der Waals surface area contributed by atoms with Crippen LogP contribution in [-0.4, -0.2) is 11.8 Å². The quantitative estimate of drug-likeness (QED) is 0.852. The molecule has 0 heterocycles. The number of carbonyl (C=O) groups is 2. The molecule has 108 valence electrons. The first-order valence-electron chi connectivity index (χ1n) is 6.15. The fourth-order valence-corrected chi connectivity index (χ4v) is 1.99. The molecular weight excluding hydrogens is 311 g/mol. The van der Waals surface area contributed by atoms with Gasteiger partial charge in [0, 0.05) is 6.54 Å². The van der Waals surface area contributed by atoms with E-state index in [1.165, 1.54) is 0 Å². The van der Waals surface area contributed by atoms with Crippen molar-refractivity contribution in [2.45, 2.75) is 6.54 Å². The van der Waals surface area contributed by atoms with Crippen molar-refractivity contribution < 1.29 is 9.59 Å².